The van der Waals surface area contributed by atoms with E-state index in [9.17, 15) is 13.2 Å². The number of halogens is 3. The summed E-state index contributed by atoms with van der Waals surface area (Å²) in [5, 5.41) is 15.4. The van der Waals surface area contributed by atoms with Crippen molar-refractivity contribution < 1.29 is 22.8 Å². The van der Waals surface area contributed by atoms with Crippen LogP contribution in [0.3, 0.4) is 0 Å². The molecule has 0 aliphatic heterocycles. The van der Waals surface area contributed by atoms with E-state index in [2.05, 4.69) is 30.4 Å². The number of aromatic amines is 1. The van der Waals surface area contributed by atoms with Crippen LogP contribution in [0.25, 0.3) is 33.5 Å². The predicted octanol–water partition coefficient (Wildman–Crippen LogP) is 4.60. The second-order valence-corrected chi connectivity index (χ2v) is 8.59. The molecule has 1 aliphatic carbocycles. The number of H-pyrrole nitrogens is 1. The van der Waals surface area contributed by atoms with Gasteiger partial charge in [-0.1, -0.05) is 18.0 Å². The molecule has 4 heterocycles. The number of pyridine rings is 1. The molecule has 1 aliphatic rings. The number of nitrogens with two attached hydrogens (primary N) is 1. The van der Waals surface area contributed by atoms with Crippen LogP contribution in [-0.4, -0.2) is 49.4 Å². The van der Waals surface area contributed by atoms with Gasteiger partial charge in [0.25, 0.3) is 0 Å². The van der Waals surface area contributed by atoms with Gasteiger partial charge in [-0.05, 0) is 38.8 Å². The number of anilines is 1. The fourth-order valence-corrected chi connectivity index (χ4v) is 4.31. The van der Waals surface area contributed by atoms with Crippen molar-refractivity contribution in [2.24, 2.45) is 5.73 Å². The molecule has 0 atom stereocenters. The third-order valence-corrected chi connectivity index (χ3v) is 5.99. The highest BCUT2D eigenvalue weighted by molar-refractivity contribution is 5.94. The first kappa shape index (κ1) is 25.6. The molecule has 4 aromatic rings. The summed E-state index contributed by atoms with van der Waals surface area (Å²) in [6, 6.07) is 3.67. The van der Waals surface area contributed by atoms with Crippen LogP contribution in [0, 0.1) is 13.8 Å². The minimum Gasteiger partial charge on any atom is -0.395 e. The highest BCUT2D eigenvalue weighted by Crippen LogP contribution is 2.39. The minimum atomic E-state index is -4.59. The van der Waals surface area contributed by atoms with E-state index in [1.54, 1.807) is 19.1 Å². The maximum Gasteiger partial charge on any atom is 0.419 e. The Morgan fingerprint density at radius 3 is 2.53 bits per heavy atom. The first-order valence-electron chi connectivity index (χ1n) is 11.7. The van der Waals surface area contributed by atoms with E-state index < -0.39 is 11.7 Å². The molecule has 0 spiro atoms. The fraction of sp³-hybridized carbons (Fsp3) is 0.417. The number of alkyl halides is 3. The molecule has 0 radical (unpaired) electrons. The lowest BCUT2D eigenvalue weighted by Crippen LogP contribution is -2.18. The van der Waals surface area contributed by atoms with Gasteiger partial charge in [-0.3, -0.25) is 0 Å². The van der Waals surface area contributed by atoms with Crippen LogP contribution in [0.1, 0.15) is 42.7 Å². The first-order valence-corrected chi connectivity index (χ1v) is 11.7. The predicted molar refractivity (Wildman–Crippen MR) is 129 cm³/mol. The highest BCUT2D eigenvalue weighted by Gasteiger charge is 2.36. The third kappa shape index (κ3) is 5.34. The topological polar surface area (TPSA) is 139 Å². The van der Waals surface area contributed by atoms with Gasteiger partial charge in [0.1, 0.15) is 17.0 Å². The van der Waals surface area contributed by atoms with Crippen molar-refractivity contribution in [3.05, 3.63) is 41.5 Å². The van der Waals surface area contributed by atoms with E-state index in [0.717, 1.165) is 37.4 Å². The number of hydrogen-bond acceptors (Lipinski definition) is 8. The third-order valence-electron chi connectivity index (χ3n) is 5.99. The van der Waals surface area contributed by atoms with E-state index in [1.165, 1.54) is 6.20 Å². The SMILES string of the molecule is Cc1noc(C)c1-c1ccc2c(-c3nc(NC4CCCC4)ncc3C(F)(F)F)c[nH]c2n1.NCCO. The normalized spacial score (nSPS) is 14.2. The van der Waals surface area contributed by atoms with Gasteiger partial charge in [0, 0.05) is 35.9 Å². The Bertz CT molecular complexity index is 1310. The lowest BCUT2D eigenvalue weighted by molar-refractivity contribution is -0.137. The molecule has 0 amide bonds. The quantitative estimate of drug-likeness (QED) is 0.310. The van der Waals surface area contributed by atoms with Crippen LogP contribution in [-0.2, 0) is 6.18 Å². The molecule has 12 heteroatoms. The van der Waals surface area contributed by atoms with Gasteiger partial charge in [-0.2, -0.15) is 13.2 Å². The van der Waals surface area contributed by atoms with E-state index in [0.29, 0.717) is 40.3 Å². The summed E-state index contributed by atoms with van der Waals surface area (Å²) in [5.41, 5.74) is 6.58. The fourth-order valence-electron chi connectivity index (χ4n) is 4.31. The molecule has 192 valence electrons. The number of rotatable bonds is 5. The second kappa shape index (κ2) is 10.6. The Hall–Kier alpha value is -3.51. The molecule has 1 fully saturated rings. The summed E-state index contributed by atoms with van der Waals surface area (Å²) in [6.45, 7) is 4.07. The van der Waals surface area contributed by atoms with Crippen molar-refractivity contribution in [3.8, 4) is 22.5 Å². The van der Waals surface area contributed by atoms with Gasteiger partial charge in [0.15, 0.2) is 0 Å². The zero-order valence-electron chi connectivity index (χ0n) is 20.0. The number of nitrogens with zero attached hydrogens (tertiary/aromatic N) is 4. The summed E-state index contributed by atoms with van der Waals surface area (Å²) < 4.78 is 46.5. The molecule has 5 rings (SSSR count). The number of aliphatic hydroxyl groups is 1. The van der Waals surface area contributed by atoms with Crippen LogP contribution in [0.5, 0.6) is 0 Å². The number of nitrogens with one attached hydrogen (secondary N) is 2. The Kier molecular flexibility index (Phi) is 7.55. The molecule has 0 unspecified atom stereocenters. The lowest BCUT2D eigenvalue weighted by Gasteiger charge is -2.15. The molecule has 0 bridgehead atoms. The first-order chi connectivity index (χ1) is 17.2. The standard InChI is InChI=1S/C22H21F3N6O.C2H7NO/c1-11-18(12(2)32-31-11)17-8-7-14-15(9-26-20(14)29-17)19-16(22(23,24)25)10-27-21(30-19)28-13-5-3-4-6-13;3-1-2-4/h7-10,13H,3-6H2,1-2H3,(H,26,29)(H,27,28,30);4H,1-3H2. The van der Waals surface area contributed by atoms with Gasteiger partial charge < -0.3 is 25.7 Å². The molecule has 9 nitrogen and oxygen atoms in total. The molecule has 36 heavy (non-hydrogen) atoms. The molecular weight excluding hydrogens is 475 g/mol. The summed E-state index contributed by atoms with van der Waals surface area (Å²) >= 11 is 0. The van der Waals surface area contributed by atoms with Crippen LogP contribution in [0.4, 0.5) is 19.1 Å². The van der Waals surface area contributed by atoms with Gasteiger partial charge >= 0.3 is 6.18 Å². The summed E-state index contributed by atoms with van der Waals surface area (Å²) in [4.78, 5) is 15.8. The second-order valence-electron chi connectivity index (χ2n) is 8.59. The van der Waals surface area contributed by atoms with Crippen molar-refractivity contribution in [3.63, 3.8) is 0 Å². The summed E-state index contributed by atoms with van der Waals surface area (Å²) in [6.07, 6.45) is 1.87. The Labute approximate surface area is 205 Å². The average Bonchev–Trinajstić information content (AvgIpc) is 3.58. The van der Waals surface area contributed by atoms with Crippen molar-refractivity contribution >= 4 is 17.0 Å². The van der Waals surface area contributed by atoms with Crippen molar-refractivity contribution in [2.75, 3.05) is 18.5 Å². The number of hydrogen-bond donors (Lipinski definition) is 4. The molecule has 0 aromatic carbocycles. The average molecular weight is 504 g/mol. The highest BCUT2D eigenvalue weighted by atomic mass is 19.4. The van der Waals surface area contributed by atoms with Crippen LogP contribution in [0.2, 0.25) is 0 Å². The summed E-state index contributed by atoms with van der Waals surface area (Å²) in [7, 11) is 0. The number of fused-ring (bicyclic) bond motifs is 1. The number of aromatic nitrogens is 5. The van der Waals surface area contributed by atoms with Crippen LogP contribution < -0.4 is 11.1 Å². The molecule has 1 saturated carbocycles. The van der Waals surface area contributed by atoms with Crippen molar-refractivity contribution in [1.82, 2.24) is 25.1 Å². The largest absolute Gasteiger partial charge is 0.419 e. The van der Waals surface area contributed by atoms with Crippen LogP contribution in [0.15, 0.2) is 29.0 Å². The molecule has 4 aromatic heterocycles. The van der Waals surface area contributed by atoms with E-state index in [-0.39, 0.29) is 24.3 Å². The van der Waals surface area contributed by atoms with Crippen LogP contribution >= 0.6 is 0 Å². The van der Waals surface area contributed by atoms with Gasteiger partial charge in [0.2, 0.25) is 5.95 Å². The Morgan fingerprint density at radius 1 is 1.19 bits per heavy atom. The van der Waals surface area contributed by atoms with Crippen molar-refractivity contribution in [2.45, 2.75) is 51.7 Å². The smallest absolute Gasteiger partial charge is 0.395 e. The maximum absolute atomic E-state index is 13.8. The van der Waals surface area contributed by atoms with E-state index in [4.69, 9.17) is 15.4 Å². The number of aliphatic hydroxyl groups excluding tert-OH is 1. The maximum atomic E-state index is 13.8. The van der Waals surface area contributed by atoms with Gasteiger partial charge in [-0.25, -0.2) is 15.0 Å². The summed E-state index contributed by atoms with van der Waals surface area (Å²) in [5.74, 6) is 0.827. The zero-order valence-corrected chi connectivity index (χ0v) is 20.0. The van der Waals surface area contributed by atoms with Crippen molar-refractivity contribution in [1.29, 1.82) is 0 Å². The van der Waals surface area contributed by atoms with E-state index >= 15 is 0 Å². The molecule has 5 N–H and O–H groups in total. The molecular formula is C24H28F3N7O2. The monoisotopic (exact) mass is 503 g/mol. The Balaban J connectivity index is 0.000000709. The number of aryl methyl sites for hydroxylation is 2. The molecule has 0 saturated heterocycles. The zero-order chi connectivity index (χ0) is 25.9. The van der Waals surface area contributed by atoms with Gasteiger partial charge in [0.05, 0.1) is 29.3 Å². The minimum absolute atomic E-state index is 0.0972. The van der Waals surface area contributed by atoms with E-state index in [1.807, 2.05) is 6.92 Å². The van der Waals surface area contributed by atoms with Gasteiger partial charge in [-0.15, -0.1) is 0 Å². The Morgan fingerprint density at radius 2 is 1.92 bits per heavy atom. The lowest BCUT2D eigenvalue weighted by atomic mass is 10.1.